The van der Waals surface area contributed by atoms with Gasteiger partial charge in [0, 0.05) is 10.6 Å². The van der Waals surface area contributed by atoms with Crippen LogP contribution in [-0.2, 0) is 16.1 Å². The number of rotatable bonds is 6. The summed E-state index contributed by atoms with van der Waals surface area (Å²) in [5.41, 5.74) is 1.89. The molecule has 0 spiro atoms. The Bertz CT molecular complexity index is 1320. The largest absolute Gasteiger partial charge is 0.493 e. The van der Waals surface area contributed by atoms with E-state index in [1.54, 1.807) is 43.5 Å². The Morgan fingerprint density at radius 2 is 1.85 bits per heavy atom. The highest BCUT2D eigenvalue weighted by Crippen LogP contribution is 2.35. The quantitative estimate of drug-likeness (QED) is 0.491. The summed E-state index contributed by atoms with van der Waals surface area (Å²) in [5.74, 6) is 0.725. The van der Waals surface area contributed by atoms with Crippen molar-refractivity contribution in [3.8, 4) is 22.9 Å². The maximum Gasteiger partial charge on any atom is 0.263 e. The summed E-state index contributed by atoms with van der Waals surface area (Å²) in [6.07, 6.45) is 0. The molecule has 0 saturated carbocycles. The number of aromatic nitrogens is 2. The van der Waals surface area contributed by atoms with E-state index in [0.29, 0.717) is 33.6 Å². The second-order valence-corrected chi connectivity index (χ2v) is 8.13. The zero-order chi connectivity index (χ0) is 24.0. The van der Waals surface area contributed by atoms with Crippen molar-refractivity contribution in [3.63, 3.8) is 0 Å². The van der Waals surface area contributed by atoms with Gasteiger partial charge in [-0.05, 0) is 42.8 Å². The molecule has 2 aliphatic heterocycles. The third-order valence-corrected chi connectivity index (χ3v) is 6.09. The molecule has 0 aliphatic carbocycles. The van der Waals surface area contributed by atoms with Gasteiger partial charge in [0.05, 0.1) is 19.9 Å². The van der Waals surface area contributed by atoms with Gasteiger partial charge in [0.2, 0.25) is 11.7 Å². The number of hydrogen-bond acceptors (Lipinski definition) is 10. The first-order chi connectivity index (χ1) is 16.4. The predicted octanol–water partition coefficient (Wildman–Crippen LogP) is 3.21. The molecule has 2 aliphatic rings. The van der Waals surface area contributed by atoms with E-state index in [4.69, 9.17) is 25.6 Å². The van der Waals surface area contributed by atoms with E-state index in [-0.39, 0.29) is 12.4 Å². The predicted molar refractivity (Wildman–Crippen MR) is 119 cm³/mol. The number of carbonyl (C=O) groups excluding carboxylic acids is 2. The van der Waals surface area contributed by atoms with Crippen LogP contribution in [0.25, 0.3) is 11.4 Å². The fraction of sp³-hybridized carbons (Fsp3) is 0.273. The average Bonchev–Trinajstić information content (AvgIpc) is 3.53. The first-order valence-electron chi connectivity index (χ1n) is 10.3. The number of methoxy groups -OCH3 is 2. The fourth-order valence-corrected chi connectivity index (χ4v) is 4.05. The number of amides is 2. The van der Waals surface area contributed by atoms with Gasteiger partial charge in [0.15, 0.2) is 23.6 Å². The molecule has 0 bridgehead atoms. The van der Waals surface area contributed by atoms with Crippen molar-refractivity contribution in [1.29, 1.82) is 0 Å². The summed E-state index contributed by atoms with van der Waals surface area (Å²) in [7, 11) is 3.08. The molecule has 2 atom stereocenters. The van der Waals surface area contributed by atoms with E-state index < -0.39 is 23.9 Å². The van der Waals surface area contributed by atoms with Gasteiger partial charge in [-0.3, -0.25) is 14.6 Å². The molecule has 1 fully saturated rings. The van der Waals surface area contributed by atoms with Crippen LogP contribution in [0, 0.1) is 6.92 Å². The van der Waals surface area contributed by atoms with E-state index in [1.165, 1.54) is 12.1 Å². The molecular weight excluding hydrogens is 464 g/mol. The third-order valence-electron chi connectivity index (χ3n) is 5.68. The van der Waals surface area contributed by atoms with E-state index >= 15 is 0 Å². The normalized spacial score (nSPS) is 19.2. The van der Waals surface area contributed by atoms with Crippen LogP contribution in [0.15, 0.2) is 51.3 Å². The van der Waals surface area contributed by atoms with Gasteiger partial charge in [-0.2, -0.15) is 10.1 Å². The lowest BCUT2D eigenvalue weighted by Gasteiger charge is -2.19. The minimum absolute atomic E-state index is 0.00642. The number of imide groups is 1. The van der Waals surface area contributed by atoms with Gasteiger partial charge < -0.3 is 14.0 Å². The molecule has 0 unspecified atom stereocenters. The molecule has 1 aromatic heterocycles. The maximum atomic E-state index is 13.2. The summed E-state index contributed by atoms with van der Waals surface area (Å²) in [6.45, 7) is 1.84. The van der Waals surface area contributed by atoms with Crippen LogP contribution in [0.5, 0.6) is 11.5 Å². The molecule has 3 aromatic rings. The van der Waals surface area contributed by atoms with Gasteiger partial charge in [0.1, 0.15) is 6.54 Å². The van der Waals surface area contributed by atoms with Crippen LogP contribution in [0.4, 0.5) is 5.69 Å². The SMILES string of the molecule is COc1ccc(-c2noc(CN3N=N[C@@H]4C(=O)N(c5ccc(C)c(Cl)c5)C(=O)[C@H]43)n2)cc1OC. The molecule has 2 aromatic carbocycles. The molecule has 11 nitrogen and oxygen atoms in total. The van der Waals surface area contributed by atoms with Crippen LogP contribution in [0.2, 0.25) is 5.02 Å². The lowest BCUT2D eigenvalue weighted by molar-refractivity contribution is -0.123. The summed E-state index contributed by atoms with van der Waals surface area (Å²) < 4.78 is 15.9. The van der Waals surface area contributed by atoms with Crippen molar-refractivity contribution >= 4 is 29.1 Å². The number of fused-ring (bicyclic) bond motifs is 1. The standard InChI is InChI=1S/C22H19ClN6O5/c1-11-4-6-13(9-14(11)23)29-21(30)18-19(22(29)31)28(27-25-18)10-17-24-20(26-34-17)12-5-7-15(32-2)16(8-12)33-3/h4-9,18-19H,10H2,1-3H3/t18-,19-/m0/s1. The Morgan fingerprint density at radius 1 is 1.06 bits per heavy atom. The second kappa shape index (κ2) is 8.41. The Hall–Kier alpha value is -3.99. The number of anilines is 1. The Balaban J connectivity index is 1.35. The molecule has 3 heterocycles. The molecule has 12 heteroatoms. The van der Waals surface area contributed by atoms with E-state index in [1.807, 2.05) is 6.92 Å². The number of carbonyl (C=O) groups is 2. The monoisotopic (exact) mass is 482 g/mol. The number of benzene rings is 2. The van der Waals surface area contributed by atoms with Crippen LogP contribution in [-0.4, -0.2) is 53.3 Å². The van der Waals surface area contributed by atoms with Gasteiger partial charge in [-0.15, -0.1) is 0 Å². The Kier molecular flexibility index (Phi) is 5.40. The summed E-state index contributed by atoms with van der Waals surface area (Å²) in [5, 5.41) is 13.9. The van der Waals surface area contributed by atoms with Gasteiger partial charge in [0.25, 0.3) is 11.8 Å². The molecular formula is C22H19ClN6O5. The molecule has 174 valence electrons. The van der Waals surface area contributed by atoms with Gasteiger partial charge >= 0.3 is 0 Å². The minimum Gasteiger partial charge on any atom is -0.493 e. The number of hydrogen-bond donors (Lipinski definition) is 0. The van der Waals surface area contributed by atoms with Gasteiger partial charge in [-0.1, -0.05) is 28.0 Å². The first kappa shape index (κ1) is 21.8. The average molecular weight is 483 g/mol. The third kappa shape index (κ3) is 3.54. The Labute approximate surface area is 198 Å². The number of nitrogens with zero attached hydrogens (tertiary/aromatic N) is 6. The summed E-state index contributed by atoms with van der Waals surface area (Å²) in [6, 6.07) is 8.40. The molecule has 5 rings (SSSR count). The van der Waals surface area contributed by atoms with E-state index in [2.05, 4.69) is 20.5 Å². The van der Waals surface area contributed by atoms with Crippen molar-refractivity contribution < 1.29 is 23.6 Å². The number of ether oxygens (including phenoxy) is 2. The second-order valence-electron chi connectivity index (χ2n) is 7.72. The van der Waals surface area contributed by atoms with Gasteiger partial charge in [-0.25, -0.2) is 4.90 Å². The van der Waals surface area contributed by atoms with Crippen LogP contribution in [0.1, 0.15) is 11.5 Å². The number of halogens is 1. The molecule has 0 N–H and O–H groups in total. The van der Waals surface area contributed by atoms with Crippen LogP contribution in [0.3, 0.4) is 0 Å². The fourth-order valence-electron chi connectivity index (χ4n) is 3.88. The topological polar surface area (TPSA) is 123 Å². The van der Waals surface area contributed by atoms with Crippen molar-refractivity contribution in [1.82, 2.24) is 15.1 Å². The van der Waals surface area contributed by atoms with E-state index in [9.17, 15) is 9.59 Å². The molecule has 2 amide bonds. The lowest BCUT2D eigenvalue weighted by atomic mass is 10.1. The summed E-state index contributed by atoms with van der Waals surface area (Å²) in [4.78, 5) is 31.5. The molecule has 34 heavy (non-hydrogen) atoms. The molecule has 0 radical (unpaired) electrons. The highest BCUT2D eigenvalue weighted by Gasteiger charge is 2.55. The summed E-state index contributed by atoms with van der Waals surface area (Å²) >= 11 is 6.19. The number of aryl methyl sites for hydroxylation is 1. The highest BCUT2D eigenvalue weighted by atomic mass is 35.5. The zero-order valence-corrected chi connectivity index (χ0v) is 19.2. The van der Waals surface area contributed by atoms with Crippen molar-refractivity contribution in [3.05, 3.63) is 52.9 Å². The van der Waals surface area contributed by atoms with Crippen molar-refractivity contribution in [2.75, 3.05) is 19.1 Å². The maximum absolute atomic E-state index is 13.2. The van der Waals surface area contributed by atoms with Crippen molar-refractivity contribution in [2.45, 2.75) is 25.6 Å². The smallest absolute Gasteiger partial charge is 0.263 e. The zero-order valence-electron chi connectivity index (χ0n) is 18.4. The molecule has 1 saturated heterocycles. The Morgan fingerprint density at radius 3 is 2.59 bits per heavy atom. The highest BCUT2D eigenvalue weighted by molar-refractivity contribution is 6.32. The minimum atomic E-state index is -0.944. The lowest BCUT2D eigenvalue weighted by Crippen LogP contribution is -2.39. The van der Waals surface area contributed by atoms with Crippen LogP contribution >= 0.6 is 11.6 Å². The van der Waals surface area contributed by atoms with E-state index in [0.717, 1.165) is 10.5 Å². The van der Waals surface area contributed by atoms with Crippen LogP contribution < -0.4 is 14.4 Å². The first-order valence-corrected chi connectivity index (χ1v) is 10.7. The van der Waals surface area contributed by atoms with Crippen molar-refractivity contribution in [2.24, 2.45) is 10.3 Å².